The lowest BCUT2D eigenvalue weighted by atomic mass is 9.84. The minimum absolute atomic E-state index is 0.637. The van der Waals surface area contributed by atoms with Crippen molar-refractivity contribution < 1.29 is 4.74 Å². The van der Waals surface area contributed by atoms with E-state index in [0.29, 0.717) is 10.7 Å². The molecule has 0 N–H and O–H groups in total. The molecule has 0 saturated heterocycles. The number of hydrogen-bond donors (Lipinski definition) is 0. The second-order valence-electron chi connectivity index (χ2n) is 4.41. The van der Waals surface area contributed by atoms with Crippen LogP contribution in [0.4, 0.5) is 0 Å². The number of benzene rings is 1. The molecule has 2 atom stereocenters. The predicted molar refractivity (Wildman–Crippen MR) is 71.5 cm³/mol. The van der Waals surface area contributed by atoms with Crippen LogP contribution in [0.15, 0.2) is 24.3 Å². The van der Waals surface area contributed by atoms with Crippen LogP contribution >= 0.6 is 15.9 Å². The Bertz CT molecular complexity index is 337. The Morgan fingerprint density at radius 2 is 2.12 bits per heavy atom. The van der Waals surface area contributed by atoms with Gasteiger partial charge in [0, 0.05) is 4.83 Å². The van der Waals surface area contributed by atoms with E-state index in [1.807, 2.05) is 13.0 Å². The van der Waals surface area contributed by atoms with Crippen LogP contribution in [0.25, 0.3) is 0 Å². The van der Waals surface area contributed by atoms with Gasteiger partial charge in [-0.2, -0.15) is 0 Å². The largest absolute Gasteiger partial charge is 0.494 e. The molecular weight excluding hydrogens is 264 g/mol. The molecule has 0 aliphatic heterocycles. The second-order valence-corrected chi connectivity index (χ2v) is 5.59. The topological polar surface area (TPSA) is 9.23 Å². The van der Waals surface area contributed by atoms with E-state index >= 15 is 0 Å². The number of ether oxygens (including phenoxy) is 1. The Morgan fingerprint density at radius 1 is 1.31 bits per heavy atom. The fourth-order valence-electron chi connectivity index (χ4n) is 2.46. The molecule has 0 bridgehead atoms. The summed E-state index contributed by atoms with van der Waals surface area (Å²) in [6.07, 6.45) is 5.30. The molecule has 0 amide bonds. The van der Waals surface area contributed by atoms with Crippen molar-refractivity contribution >= 4 is 15.9 Å². The Labute approximate surface area is 106 Å². The monoisotopic (exact) mass is 282 g/mol. The van der Waals surface area contributed by atoms with Crippen molar-refractivity contribution in [3.63, 3.8) is 0 Å². The Hall–Kier alpha value is -0.500. The summed E-state index contributed by atoms with van der Waals surface area (Å²) in [6, 6.07) is 8.58. The molecule has 0 spiro atoms. The van der Waals surface area contributed by atoms with Crippen LogP contribution < -0.4 is 4.74 Å². The third kappa shape index (κ3) is 2.79. The zero-order valence-electron chi connectivity index (χ0n) is 9.79. The number of halogens is 1. The molecule has 16 heavy (non-hydrogen) atoms. The van der Waals surface area contributed by atoms with Gasteiger partial charge in [0.05, 0.1) is 6.61 Å². The summed E-state index contributed by atoms with van der Waals surface area (Å²) >= 11 is 3.81. The molecule has 0 heterocycles. The van der Waals surface area contributed by atoms with Gasteiger partial charge in [0.2, 0.25) is 0 Å². The van der Waals surface area contributed by atoms with E-state index in [1.165, 1.54) is 31.2 Å². The summed E-state index contributed by atoms with van der Waals surface area (Å²) in [7, 11) is 0. The molecule has 1 nitrogen and oxygen atoms in total. The third-order valence-corrected chi connectivity index (χ3v) is 4.37. The molecule has 2 rings (SSSR count). The van der Waals surface area contributed by atoms with E-state index < -0.39 is 0 Å². The van der Waals surface area contributed by atoms with E-state index in [9.17, 15) is 0 Å². The number of rotatable bonds is 3. The van der Waals surface area contributed by atoms with Crippen molar-refractivity contribution in [1.29, 1.82) is 0 Å². The molecule has 0 radical (unpaired) electrons. The first-order valence-electron chi connectivity index (χ1n) is 6.18. The third-order valence-electron chi connectivity index (χ3n) is 3.28. The van der Waals surface area contributed by atoms with E-state index in [0.717, 1.165) is 12.4 Å². The lowest BCUT2D eigenvalue weighted by molar-refractivity contribution is 0.339. The zero-order valence-corrected chi connectivity index (χ0v) is 11.4. The Kier molecular flexibility index (Phi) is 4.28. The maximum absolute atomic E-state index is 5.56. The highest BCUT2D eigenvalue weighted by molar-refractivity contribution is 9.09. The van der Waals surface area contributed by atoms with Crippen LogP contribution in [0.3, 0.4) is 0 Å². The molecule has 2 heteroatoms. The van der Waals surface area contributed by atoms with Crippen LogP contribution in [-0.4, -0.2) is 11.4 Å². The van der Waals surface area contributed by atoms with E-state index in [4.69, 9.17) is 4.74 Å². The smallest absolute Gasteiger partial charge is 0.119 e. The molecule has 0 aromatic heterocycles. The lowest BCUT2D eigenvalue weighted by Gasteiger charge is -2.27. The van der Waals surface area contributed by atoms with Crippen LogP contribution in [0.5, 0.6) is 5.75 Å². The molecule has 1 aliphatic carbocycles. The lowest BCUT2D eigenvalue weighted by Crippen LogP contribution is -2.17. The summed E-state index contributed by atoms with van der Waals surface area (Å²) in [5, 5.41) is 0. The molecular formula is C14H19BrO. The first-order valence-corrected chi connectivity index (χ1v) is 7.09. The van der Waals surface area contributed by atoms with Gasteiger partial charge in [0.1, 0.15) is 5.75 Å². The number of hydrogen-bond acceptors (Lipinski definition) is 1. The van der Waals surface area contributed by atoms with E-state index in [2.05, 4.69) is 34.1 Å². The van der Waals surface area contributed by atoms with Gasteiger partial charge in [-0.15, -0.1) is 0 Å². The van der Waals surface area contributed by atoms with Gasteiger partial charge in [-0.1, -0.05) is 40.9 Å². The van der Waals surface area contributed by atoms with Crippen LogP contribution in [0.2, 0.25) is 0 Å². The van der Waals surface area contributed by atoms with Crippen molar-refractivity contribution in [2.75, 3.05) is 6.61 Å². The SMILES string of the molecule is CCOc1cccc(C2CCCCC2Br)c1. The van der Waals surface area contributed by atoms with Crippen LogP contribution in [0.1, 0.15) is 44.1 Å². The maximum atomic E-state index is 5.56. The Balaban J connectivity index is 2.15. The van der Waals surface area contributed by atoms with Gasteiger partial charge in [-0.05, 0) is 43.4 Å². The average Bonchev–Trinajstić information content (AvgIpc) is 2.30. The van der Waals surface area contributed by atoms with Gasteiger partial charge in [-0.25, -0.2) is 0 Å². The molecule has 1 aromatic rings. The molecule has 1 saturated carbocycles. The predicted octanol–water partition coefficient (Wildman–Crippen LogP) is 4.51. The van der Waals surface area contributed by atoms with Gasteiger partial charge in [-0.3, -0.25) is 0 Å². The summed E-state index contributed by atoms with van der Waals surface area (Å²) in [4.78, 5) is 0.637. The molecule has 1 fully saturated rings. The average molecular weight is 283 g/mol. The van der Waals surface area contributed by atoms with Gasteiger partial charge >= 0.3 is 0 Å². The van der Waals surface area contributed by atoms with Gasteiger partial charge < -0.3 is 4.74 Å². The maximum Gasteiger partial charge on any atom is 0.119 e. The van der Waals surface area contributed by atoms with Crippen LogP contribution in [0, 0.1) is 0 Å². The van der Waals surface area contributed by atoms with Crippen molar-refractivity contribution in [3.8, 4) is 5.75 Å². The zero-order chi connectivity index (χ0) is 11.4. The highest BCUT2D eigenvalue weighted by Gasteiger charge is 2.24. The second kappa shape index (κ2) is 5.72. The van der Waals surface area contributed by atoms with E-state index in [1.54, 1.807) is 0 Å². The molecule has 1 aromatic carbocycles. The molecule has 1 aliphatic rings. The normalized spacial score (nSPS) is 25.4. The van der Waals surface area contributed by atoms with Crippen molar-refractivity contribution in [1.82, 2.24) is 0 Å². The highest BCUT2D eigenvalue weighted by Crippen LogP contribution is 2.38. The molecule has 88 valence electrons. The summed E-state index contributed by atoms with van der Waals surface area (Å²) in [5.74, 6) is 1.67. The minimum atomic E-state index is 0.637. The fraction of sp³-hybridized carbons (Fsp3) is 0.571. The van der Waals surface area contributed by atoms with Gasteiger partial charge in [0.15, 0.2) is 0 Å². The van der Waals surface area contributed by atoms with Crippen LogP contribution in [-0.2, 0) is 0 Å². The summed E-state index contributed by atoms with van der Waals surface area (Å²) < 4.78 is 5.56. The quantitative estimate of drug-likeness (QED) is 0.742. The highest BCUT2D eigenvalue weighted by atomic mass is 79.9. The van der Waals surface area contributed by atoms with Crippen molar-refractivity contribution in [3.05, 3.63) is 29.8 Å². The first-order chi connectivity index (χ1) is 7.81. The standard InChI is InChI=1S/C14H19BrO/c1-2-16-12-7-5-6-11(10-12)13-8-3-4-9-14(13)15/h5-7,10,13-14H,2-4,8-9H2,1H3. The summed E-state index contributed by atoms with van der Waals surface area (Å²) in [6.45, 7) is 2.77. The Morgan fingerprint density at radius 3 is 2.88 bits per heavy atom. The number of alkyl halides is 1. The van der Waals surface area contributed by atoms with Crippen molar-refractivity contribution in [2.45, 2.75) is 43.4 Å². The molecule has 2 unspecified atom stereocenters. The fourth-order valence-corrected chi connectivity index (χ4v) is 3.36. The van der Waals surface area contributed by atoms with Crippen molar-refractivity contribution in [2.24, 2.45) is 0 Å². The first kappa shape index (κ1) is 12.0. The van der Waals surface area contributed by atoms with Gasteiger partial charge in [0.25, 0.3) is 0 Å². The van der Waals surface area contributed by atoms with E-state index in [-0.39, 0.29) is 0 Å². The minimum Gasteiger partial charge on any atom is -0.494 e. The summed E-state index contributed by atoms with van der Waals surface area (Å²) in [5.41, 5.74) is 1.42.